The smallest absolute Gasteiger partial charge is 0.315 e. The molecule has 1 rings (SSSR count). The number of methoxy groups -OCH3 is 1. The van der Waals surface area contributed by atoms with Gasteiger partial charge in [0.1, 0.15) is 0 Å². The van der Waals surface area contributed by atoms with Crippen molar-refractivity contribution in [2.24, 2.45) is 0 Å². The molecule has 0 aliphatic rings. The number of esters is 1. The van der Waals surface area contributed by atoms with Crippen molar-refractivity contribution in [1.29, 1.82) is 0 Å². The zero-order valence-corrected chi connectivity index (χ0v) is 12.4. The van der Waals surface area contributed by atoms with Gasteiger partial charge in [0.05, 0.1) is 17.4 Å². The molecule has 1 aromatic rings. The third-order valence-corrected chi connectivity index (χ3v) is 4.19. The molecule has 0 bridgehead atoms. The largest absolute Gasteiger partial charge is 0.468 e. The Morgan fingerprint density at radius 3 is 2.33 bits per heavy atom. The lowest BCUT2D eigenvalue weighted by molar-refractivity contribution is -0.146. The Kier molecular flexibility index (Phi) is 4.30. The fourth-order valence-electron chi connectivity index (χ4n) is 1.57. The van der Waals surface area contributed by atoms with Gasteiger partial charge in [-0.05, 0) is 37.6 Å². The van der Waals surface area contributed by atoms with Crippen LogP contribution in [0.1, 0.15) is 19.4 Å². The second kappa shape index (κ2) is 5.07. The molecule has 0 aromatic heterocycles. The van der Waals surface area contributed by atoms with Crippen molar-refractivity contribution in [3.8, 4) is 0 Å². The van der Waals surface area contributed by atoms with E-state index in [4.69, 9.17) is 22.3 Å². The molecule has 0 radical (unpaired) electrons. The number of ether oxygens (including phenoxy) is 1. The van der Waals surface area contributed by atoms with E-state index in [1.165, 1.54) is 39.2 Å². The predicted molar refractivity (Wildman–Crippen MR) is 69.5 cm³/mol. The van der Waals surface area contributed by atoms with Crippen LogP contribution in [-0.4, -0.2) is 21.5 Å². The van der Waals surface area contributed by atoms with E-state index in [1.54, 1.807) is 0 Å². The maximum Gasteiger partial charge on any atom is 0.315 e. The maximum atomic E-state index is 11.7. The summed E-state index contributed by atoms with van der Waals surface area (Å²) in [5, 5.41) is 0.311. The lowest BCUT2D eigenvalue weighted by Gasteiger charge is -2.24. The molecule has 18 heavy (non-hydrogen) atoms. The summed E-state index contributed by atoms with van der Waals surface area (Å²) in [7, 11) is 2.60. The molecule has 0 atom stereocenters. The van der Waals surface area contributed by atoms with Crippen LogP contribution in [0.4, 0.5) is 0 Å². The Balaban J connectivity index is 3.58. The lowest BCUT2D eigenvalue weighted by Crippen LogP contribution is -2.31. The average molecular weight is 311 g/mol. The highest BCUT2D eigenvalue weighted by Gasteiger charge is 2.35. The minimum Gasteiger partial charge on any atom is -0.468 e. The molecule has 1 aromatic carbocycles. The average Bonchev–Trinajstić information content (AvgIpc) is 2.26. The van der Waals surface area contributed by atoms with E-state index in [1.807, 2.05) is 0 Å². The molecule has 0 saturated heterocycles. The molecule has 0 amide bonds. The topological polar surface area (TPSA) is 60.4 Å². The highest BCUT2D eigenvalue weighted by molar-refractivity contribution is 8.13. The minimum absolute atomic E-state index is 0.149. The Morgan fingerprint density at radius 1 is 1.33 bits per heavy atom. The molecule has 7 heteroatoms. The van der Waals surface area contributed by atoms with Crippen LogP contribution < -0.4 is 0 Å². The molecule has 0 aliphatic heterocycles. The van der Waals surface area contributed by atoms with E-state index in [2.05, 4.69) is 4.74 Å². The number of carbonyl (C=O) groups excluding carboxylic acids is 1. The second-order valence-electron chi connectivity index (χ2n) is 4.19. The van der Waals surface area contributed by atoms with E-state index in [-0.39, 0.29) is 10.5 Å². The van der Waals surface area contributed by atoms with Crippen LogP contribution >= 0.6 is 22.3 Å². The number of hydrogen-bond acceptors (Lipinski definition) is 4. The molecule has 4 nitrogen and oxygen atoms in total. The van der Waals surface area contributed by atoms with E-state index in [0.717, 1.165) is 0 Å². The normalized spacial score (nSPS) is 12.3. The molecule has 0 unspecified atom stereocenters. The van der Waals surface area contributed by atoms with Crippen LogP contribution in [0, 0.1) is 0 Å². The van der Waals surface area contributed by atoms with E-state index in [9.17, 15) is 13.2 Å². The number of rotatable bonds is 3. The van der Waals surface area contributed by atoms with Crippen LogP contribution in [0.15, 0.2) is 23.1 Å². The highest BCUT2D eigenvalue weighted by atomic mass is 35.7. The fraction of sp³-hybridized carbons (Fsp3) is 0.364. The summed E-state index contributed by atoms with van der Waals surface area (Å²) < 4.78 is 27.6. The third kappa shape index (κ3) is 2.96. The third-order valence-electron chi connectivity index (χ3n) is 2.57. The molecular weight excluding hydrogens is 299 g/mol. The van der Waals surface area contributed by atoms with Gasteiger partial charge in [0.25, 0.3) is 9.05 Å². The number of hydrogen-bond donors (Lipinski definition) is 0. The standard InChI is InChI=1S/C11H12Cl2O4S/c1-11(2,10(14)17-3)8-6-7(12)4-5-9(8)18(13,15)16/h4-6H,1-3H3. The molecule has 0 saturated carbocycles. The van der Waals surface area contributed by atoms with Gasteiger partial charge in [-0.2, -0.15) is 0 Å². The first kappa shape index (κ1) is 15.3. The predicted octanol–water partition coefficient (Wildman–Crippen LogP) is 2.72. The number of halogens is 2. The van der Waals surface area contributed by atoms with Crippen molar-refractivity contribution in [3.05, 3.63) is 28.8 Å². The SMILES string of the molecule is COC(=O)C(C)(C)c1cc(Cl)ccc1S(=O)(=O)Cl. The van der Waals surface area contributed by atoms with Crippen LogP contribution in [0.25, 0.3) is 0 Å². The minimum atomic E-state index is -3.97. The molecule has 100 valence electrons. The zero-order chi connectivity index (χ0) is 14.1. The van der Waals surface area contributed by atoms with Gasteiger partial charge in [-0.3, -0.25) is 4.79 Å². The van der Waals surface area contributed by atoms with E-state index >= 15 is 0 Å². The van der Waals surface area contributed by atoms with Crippen molar-refractivity contribution in [2.75, 3.05) is 7.11 Å². The summed E-state index contributed by atoms with van der Waals surface area (Å²) in [5.41, 5.74) is -0.964. The van der Waals surface area contributed by atoms with Gasteiger partial charge in [-0.25, -0.2) is 8.42 Å². The quantitative estimate of drug-likeness (QED) is 0.636. The molecular formula is C11H12Cl2O4S. The lowest BCUT2D eigenvalue weighted by atomic mass is 9.85. The Hall–Kier alpha value is -0.780. The van der Waals surface area contributed by atoms with Crippen LogP contribution in [-0.2, 0) is 24.0 Å². The molecule has 0 aliphatic carbocycles. The highest BCUT2D eigenvalue weighted by Crippen LogP contribution is 2.34. The van der Waals surface area contributed by atoms with Gasteiger partial charge in [0.15, 0.2) is 0 Å². The van der Waals surface area contributed by atoms with Crippen molar-refractivity contribution in [3.63, 3.8) is 0 Å². The molecule has 0 heterocycles. The second-order valence-corrected chi connectivity index (χ2v) is 7.17. The van der Waals surface area contributed by atoms with Crippen molar-refractivity contribution in [2.45, 2.75) is 24.2 Å². The molecule has 0 fully saturated rings. The zero-order valence-electron chi connectivity index (χ0n) is 10.0. The first-order valence-electron chi connectivity index (χ1n) is 4.94. The maximum absolute atomic E-state index is 11.7. The van der Waals surface area contributed by atoms with Gasteiger partial charge in [-0.15, -0.1) is 0 Å². The first-order valence-corrected chi connectivity index (χ1v) is 7.62. The van der Waals surface area contributed by atoms with E-state index < -0.39 is 20.4 Å². The molecule has 0 spiro atoms. The summed E-state index contributed by atoms with van der Waals surface area (Å²) in [6, 6.07) is 4.06. The summed E-state index contributed by atoms with van der Waals surface area (Å²) in [6.07, 6.45) is 0. The van der Waals surface area contributed by atoms with Gasteiger partial charge < -0.3 is 4.74 Å². The van der Waals surface area contributed by atoms with Crippen molar-refractivity contribution >= 4 is 37.3 Å². The van der Waals surface area contributed by atoms with Crippen LogP contribution in [0.2, 0.25) is 5.02 Å². The van der Waals surface area contributed by atoms with Crippen LogP contribution in [0.5, 0.6) is 0 Å². The monoisotopic (exact) mass is 310 g/mol. The number of benzene rings is 1. The summed E-state index contributed by atoms with van der Waals surface area (Å²) >= 11 is 5.83. The van der Waals surface area contributed by atoms with Crippen LogP contribution in [0.3, 0.4) is 0 Å². The van der Waals surface area contributed by atoms with Gasteiger partial charge >= 0.3 is 5.97 Å². The Morgan fingerprint density at radius 2 is 1.89 bits per heavy atom. The Labute approximate surface area is 115 Å². The first-order chi connectivity index (χ1) is 8.10. The van der Waals surface area contributed by atoms with Crippen molar-refractivity contribution in [1.82, 2.24) is 0 Å². The fourth-order valence-corrected chi connectivity index (χ4v) is 2.95. The van der Waals surface area contributed by atoms with Gasteiger partial charge in [0, 0.05) is 15.7 Å². The van der Waals surface area contributed by atoms with E-state index in [0.29, 0.717) is 5.02 Å². The number of carbonyl (C=O) groups is 1. The van der Waals surface area contributed by atoms with Gasteiger partial charge in [0.2, 0.25) is 0 Å². The Bertz CT molecular complexity index is 579. The molecule has 0 N–H and O–H groups in total. The summed E-state index contributed by atoms with van der Waals surface area (Å²) in [6.45, 7) is 3.08. The van der Waals surface area contributed by atoms with Gasteiger partial charge in [-0.1, -0.05) is 11.6 Å². The van der Waals surface area contributed by atoms with Crippen molar-refractivity contribution < 1.29 is 17.9 Å². The summed E-state index contributed by atoms with van der Waals surface area (Å²) in [4.78, 5) is 11.6. The summed E-state index contributed by atoms with van der Waals surface area (Å²) in [5.74, 6) is -0.577.